The summed E-state index contributed by atoms with van der Waals surface area (Å²) in [5.41, 5.74) is 3.98. The van der Waals surface area contributed by atoms with Gasteiger partial charge in [-0.05, 0) is 29.6 Å². The first kappa shape index (κ1) is 13.7. The monoisotopic (exact) mass is 255 g/mol. The highest BCUT2D eigenvalue weighted by Gasteiger charge is 2.11. The van der Waals surface area contributed by atoms with E-state index in [1.54, 1.807) is 6.07 Å². The fraction of sp³-hybridized carbons (Fsp3) is 0.200. The first-order valence-corrected chi connectivity index (χ1v) is 6.29. The molecule has 0 bridgehead atoms. The molecule has 0 heterocycles. The third-order valence-corrected chi connectivity index (χ3v) is 3.20. The minimum Gasteiger partial charge on any atom is -0.423 e. The van der Waals surface area contributed by atoms with E-state index in [9.17, 15) is 10.0 Å². The van der Waals surface area contributed by atoms with Crippen LogP contribution in [0.3, 0.4) is 0 Å². The lowest BCUT2D eigenvalue weighted by Crippen LogP contribution is -2.30. The first-order valence-electron chi connectivity index (χ1n) is 6.29. The van der Waals surface area contributed by atoms with Crippen molar-refractivity contribution in [1.29, 1.82) is 0 Å². The normalized spacial score (nSPS) is 10.3. The van der Waals surface area contributed by atoms with Crippen molar-refractivity contribution in [2.75, 3.05) is 11.9 Å². The zero-order valence-corrected chi connectivity index (χ0v) is 11.2. The van der Waals surface area contributed by atoms with Gasteiger partial charge in [-0.15, -0.1) is 0 Å². The fourth-order valence-corrected chi connectivity index (χ4v) is 2.20. The van der Waals surface area contributed by atoms with Crippen molar-refractivity contribution in [3.8, 4) is 0 Å². The van der Waals surface area contributed by atoms with Crippen molar-refractivity contribution in [2.45, 2.75) is 13.5 Å². The summed E-state index contributed by atoms with van der Waals surface area (Å²) in [5, 5.41) is 18.4. The van der Waals surface area contributed by atoms with Crippen LogP contribution in [0.4, 0.5) is 5.69 Å². The lowest BCUT2D eigenvalue weighted by atomic mass is 9.79. The van der Waals surface area contributed by atoms with Crippen molar-refractivity contribution < 1.29 is 10.0 Å². The van der Waals surface area contributed by atoms with E-state index in [0.717, 1.165) is 12.1 Å². The molecule has 0 spiro atoms. The van der Waals surface area contributed by atoms with Gasteiger partial charge in [-0.1, -0.05) is 42.5 Å². The summed E-state index contributed by atoms with van der Waals surface area (Å²) in [6, 6.07) is 15.6. The Kier molecular flexibility index (Phi) is 4.25. The highest BCUT2D eigenvalue weighted by molar-refractivity contribution is 6.58. The third kappa shape index (κ3) is 3.37. The zero-order valence-electron chi connectivity index (χ0n) is 11.2. The smallest absolute Gasteiger partial charge is 0.423 e. The van der Waals surface area contributed by atoms with Crippen molar-refractivity contribution in [3.05, 3.63) is 59.7 Å². The molecule has 98 valence electrons. The molecule has 2 aromatic rings. The van der Waals surface area contributed by atoms with Crippen LogP contribution in [0, 0.1) is 6.92 Å². The van der Waals surface area contributed by atoms with Crippen LogP contribution in [-0.2, 0) is 6.54 Å². The summed E-state index contributed by atoms with van der Waals surface area (Å²) >= 11 is 0. The van der Waals surface area contributed by atoms with E-state index < -0.39 is 7.12 Å². The van der Waals surface area contributed by atoms with Crippen molar-refractivity contribution in [3.63, 3.8) is 0 Å². The molecule has 0 saturated heterocycles. The van der Waals surface area contributed by atoms with Crippen LogP contribution < -0.4 is 10.4 Å². The average Bonchev–Trinajstić information content (AvgIpc) is 2.39. The second-order valence-electron chi connectivity index (χ2n) is 4.76. The number of anilines is 1. The molecule has 0 fully saturated rings. The van der Waals surface area contributed by atoms with Crippen molar-refractivity contribution in [2.24, 2.45) is 0 Å². The predicted molar refractivity (Wildman–Crippen MR) is 79.6 cm³/mol. The maximum Gasteiger partial charge on any atom is 0.488 e. The number of hydrogen-bond acceptors (Lipinski definition) is 3. The van der Waals surface area contributed by atoms with Gasteiger partial charge in [0.25, 0.3) is 0 Å². The Morgan fingerprint density at radius 1 is 1.05 bits per heavy atom. The summed E-state index contributed by atoms with van der Waals surface area (Å²) in [7, 11) is 0.619. The largest absolute Gasteiger partial charge is 0.488 e. The summed E-state index contributed by atoms with van der Waals surface area (Å²) in [5.74, 6) is 0. The molecule has 19 heavy (non-hydrogen) atoms. The fourth-order valence-electron chi connectivity index (χ4n) is 2.20. The quantitative estimate of drug-likeness (QED) is 0.809. The average molecular weight is 255 g/mol. The topological polar surface area (TPSA) is 43.7 Å². The molecule has 0 atom stereocenters. The molecule has 2 rings (SSSR count). The van der Waals surface area contributed by atoms with Gasteiger partial charge < -0.3 is 14.9 Å². The second-order valence-corrected chi connectivity index (χ2v) is 4.76. The van der Waals surface area contributed by atoms with Gasteiger partial charge in [-0.25, -0.2) is 0 Å². The summed E-state index contributed by atoms with van der Waals surface area (Å²) < 4.78 is 0. The number of rotatable bonds is 4. The summed E-state index contributed by atoms with van der Waals surface area (Å²) in [6.07, 6.45) is 0. The van der Waals surface area contributed by atoms with Gasteiger partial charge in [0, 0.05) is 19.3 Å². The molecule has 0 radical (unpaired) electrons. The summed E-state index contributed by atoms with van der Waals surface area (Å²) in [4.78, 5) is 2.15. The molecule has 4 heteroatoms. The van der Waals surface area contributed by atoms with Crippen molar-refractivity contribution >= 4 is 18.3 Å². The Hall–Kier alpha value is -1.78. The zero-order chi connectivity index (χ0) is 13.8. The van der Waals surface area contributed by atoms with Gasteiger partial charge in [0.15, 0.2) is 0 Å². The Labute approximate surface area is 114 Å². The molecular weight excluding hydrogens is 237 g/mol. The highest BCUT2D eigenvalue weighted by Crippen LogP contribution is 2.19. The molecular formula is C15H18BNO2. The molecule has 0 amide bonds. The number of hydrogen-bond donors (Lipinski definition) is 2. The molecule has 0 aromatic heterocycles. The SMILES string of the molecule is Cc1ccccc1N(C)Cc1cccc(B(O)O)c1. The predicted octanol–water partition coefficient (Wildman–Crippen LogP) is 1.31. The minimum atomic E-state index is -1.41. The van der Waals surface area contributed by atoms with Crippen LogP contribution >= 0.6 is 0 Å². The first-order chi connectivity index (χ1) is 9.08. The van der Waals surface area contributed by atoms with Gasteiger partial charge in [0.05, 0.1) is 0 Å². The van der Waals surface area contributed by atoms with E-state index in [1.165, 1.54) is 11.3 Å². The van der Waals surface area contributed by atoms with E-state index in [1.807, 2.05) is 37.4 Å². The maximum absolute atomic E-state index is 9.19. The van der Waals surface area contributed by atoms with Gasteiger partial charge in [0.1, 0.15) is 0 Å². The third-order valence-electron chi connectivity index (χ3n) is 3.20. The van der Waals surface area contributed by atoms with Crippen LogP contribution in [0.2, 0.25) is 0 Å². The number of nitrogens with zero attached hydrogens (tertiary/aromatic N) is 1. The minimum absolute atomic E-state index is 0.524. The van der Waals surface area contributed by atoms with E-state index in [0.29, 0.717) is 5.46 Å². The van der Waals surface area contributed by atoms with E-state index in [-0.39, 0.29) is 0 Å². The molecule has 0 saturated carbocycles. The number of benzene rings is 2. The number of aryl methyl sites for hydroxylation is 1. The number of para-hydroxylation sites is 1. The maximum atomic E-state index is 9.19. The van der Waals surface area contributed by atoms with Crippen LogP contribution in [0.25, 0.3) is 0 Å². The molecule has 2 aromatic carbocycles. The molecule has 2 N–H and O–H groups in total. The van der Waals surface area contributed by atoms with Crippen LogP contribution in [0.15, 0.2) is 48.5 Å². The van der Waals surface area contributed by atoms with E-state index in [2.05, 4.69) is 24.0 Å². The van der Waals surface area contributed by atoms with Gasteiger partial charge in [-0.3, -0.25) is 0 Å². The van der Waals surface area contributed by atoms with E-state index in [4.69, 9.17) is 0 Å². The van der Waals surface area contributed by atoms with Crippen LogP contribution in [-0.4, -0.2) is 24.2 Å². The van der Waals surface area contributed by atoms with Crippen molar-refractivity contribution in [1.82, 2.24) is 0 Å². The lowest BCUT2D eigenvalue weighted by Gasteiger charge is -2.21. The second kappa shape index (κ2) is 5.91. The van der Waals surface area contributed by atoms with Gasteiger partial charge >= 0.3 is 7.12 Å². The van der Waals surface area contributed by atoms with E-state index >= 15 is 0 Å². The Balaban J connectivity index is 2.17. The molecule has 0 aliphatic rings. The molecule has 0 unspecified atom stereocenters. The Bertz CT molecular complexity index is 557. The molecule has 0 aliphatic carbocycles. The summed E-state index contributed by atoms with van der Waals surface area (Å²) in [6.45, 7) is 2.81. The lowest BCUT2D eigenvalue weighted by molar-refractivity contribution is 0.425. The van der Waals surface area contributed by atoms with Gasteiger partial charge in [0.2, 0.25) is 0 Å². The molecule has 3 nitrogen and oxygen atoms in total. The Morgan fingerprint density at radius 3 is 2.47 bits per heavy atom. The van der Waals surface area contributed by atoms with Crippen LogP contribution in [0.1, 0.15) is 11.1 Å². The van der Waals surface area contributed by atoms with Gasteiger partial charge in [-0.2, -0.15) is 0 Å². The van der Waals surface area contributed by atoms with Crippen LogP contribution in [0.5, 0.6) is 0 Å². The molecule has 0 aliphatic heterocycles. The standard InChI is InChI=1S/C15H18BNO2/c1-12-6-3-4-9-15(12)17(2)11-13-7-5-8-14(10-13)16(18)19/h3-10,18-19H,11H2,1-2H3. The Morgan fingerprint density at radius 2 is 1.79 bits per heavy atom. The highest BCUT2D eigenvalue weighted by atomic mass is 16.4.